The van der Waals surface area contributed by atoms with E-state index in [1.54, 1.807) is 24.3 Å². The average molecular weight is 274 g/mol. The van der Waals surface area contributed by atoms with Crippen molar-refractivity contribution in [3.8, 4) is 0 Å². The lowest BCUT2D eigenvalue weighted by Crippen LogP contribution is -2.19. The van der Waals surface area contributed by atoms with Crippen LogP contribution in [0.3, 0.4) is 0 Å². The normalized spacial score (nSPS) is 10.6. The van der Waals surface area contributed by atoms with Gasteiger partial charge in [-0.2, -0.15) is 0 Å². The van der Waals surface area contributed by atoms with Gasteiger partial charge in [-0.25, -0.2) is 9.37 Å². The molecule has 106 valence electrons. The molecule has 1 N–H and O–H groups in total. The topological polar surface area (TPSA) is 36.4 Å². The fourth-order valence-corrected chi connectivity index (χ4v) is 2.17. The summed E-state index contributed by atoms with van der Waals surface area (Å²) in [6, 6.07) is 10.3. The number of nitrogens with zero attached hydrogens (tertiary/aromatic N) is 2. The Hall–Kier alpha value is -1.94. The van der Waals surface area contributed by atoms with E-state index in [-0.39, 0.29) is 12.4 Å². The van der Waals surface area contributed by atoms with Gasteiger partial charge in [-0.05, 0) is 43.2 Å². The maximum absolute atomic E-state index is 14.0. The van der Waals surface area contributed by atoms with Crippen LogP contribution in [0.1, 0.15) is 25.1 Å². The largest absolute Gasteiger partial charge is 0.392 e. The van der Waals surface area contributed by atoms with E-state index in [9.17, 15) is 9.50 Å². The van der Waals surface area contributed by atoms with Gasteiger partial charge < -0.3 is 10.0 Å². The van der Waals surface area contributed by atoms with Crippen LogP contribution in [0.5, 0.6) is 0 Å². The quantitative estimate of drug-likeness (QED) is 0.907. The molecule has 4 heteroatoms. The molecule has 0 atom stereocenters. The summed E-state index contributed by atoms with van der Waals surface area (Å²) in [7, 11) is 0. The smallest absolute Gasteiger partial charge is 0.146 e. The highest BCUT2D eigenvalue weighted by Crippen LogP contribution is 2.27. The minimum absolute atomic E-state index is 0.0443. The zero-order valence-electron chi connectivity index (χ0n) is 11.8. The molecule has 0 aliphatic rings. The van der Waals surface area contributed by atoms with Gasteiger partial charge >= 0.3 is 0 Å². The molecule has 2 aromatic rings. The molecular formula is C16H19FN2O. The first-order valence-electron chi connectivity index (χ1n) is 6.82. The highest BCUT2D eigenvalue weighted by Gasteiger charge is 2.14. The van der Waals surface area contributed by atoms with Gasteiger partial charge in [0, 0.05) is 12.2 Å². The van der Waals surface area contributed by atoms with Crippen molar-refractivity contribution >= 4 is 11.5 Å². The highest BCUT2D eigenvalue weighted by atomic mass is 19.1. The molecule has 20 heavy (non-hydrogen) atoms. The number of halogens is 1. The third kappa shape index (κ3) is 2.96. The summed E-state index contributed by atoms with van der Waals surface area (Å²) < 4.78 is 14.0. The number of para-hydroxylation sites is 1. The average Bonchev–Trinajstić information content (AvgIpc) is 2.49. The maximum Gasteiger partial charge on any atom is 0.146 e. The van der Waals surface area contributed by atoms with Crippen molar-refractivity contribution < 1.29 is 9.50 Å². The molecule has 0 spiro atoms. The Labute approximate surface area is 118 Å². The lowest BCUT2D eigenvalue weighted by atomic mass is 10.2. The third-order valence-corrected chi connectivity index (χ3v) is 3.21. The van der Waals surface area contributed by atoms with Crippen molar-refractivity contribution in [2.75, 3.05) is 11.4 Å². The summed E-state index contributed by atoms with van der Waals surface area (Å²) in [6.07, 6.45) is 0.773. The van der Waals surface area contributed by atoms with Crippen LogP contribution in [-0.4, -0.2) is 16.6 Å². The monoisotopic (exact) mass is 274 g/mol. The fraction of sp³-hybridized carbons (Fsp3) is 0.312. The maximum atomic E-state index is 14.0. The van der Waals surface area contributed by atoms with Crippen LogP contribution in [-0.2, 0) is 13.0 Å². The molecule has 3 nitrogen and oxygen atoms in total. The third-order valence-electron chi connectivity index (χ3n) is 3.21. The number of aliphatic hydroxyl groups is 1. The molecule has 1 aromatic heterocycles. The van der Waals surface area contributed by atoms with Crippen LogP contribution in [0, 0.1) is 5.82 Å². The molecule has 0 fully saturated rings. The lowest BCUT2D eigenvalue weighted by molar-refractivity contribution is 0.281. The summed E-state index contributed by atoms with van der Waals surface area (Å²) in [5.74, 6) is 0.393. The van der Waals surface area contributed by atoms with E-state index >= 15 is 0 Å². The van der Waals surface area contributed by atoms with E-state index in [1.807, 2.05) is 24.8 Å². The van der Waals surface area contributed by atoms with E-state index in [4.69, 9.17) is 0 Å². The molecule has 0 aliphatic carbocycles. The first kappa shape index (κ1) is 14.5. The van der Waals surface area contributed by atoms with Gasteiger partial charge in [0.1, 0.15) is 11.6 Å². The number of aromatic nitrogens is 1. The molecule has 0 unspecified atom stereocenters. The minimum Gasteiger partial charge on any atom is -0.392 e. The second-order valence-electron chi connectivity index (χ2n) is 4.53. The number of rotatable bonds is 5. The van der Waals surface area contributed by atoms with E-state index in [0.29, 0.717) is 18.1 Å². The highest BCUT2D eigenvalue weighted by molar-refractivity contribution is 5.61. The van der Waals surface area contributed by atoms with Gasteiger partial charge in [0.25, 0.3) is 0 Å². The summed E-state index contributed by atoms with van der Waals surface area (Å²) in [6.45, 7) is 4.52. The molecule has 0 bridgehead atoms. The Bertz CT molecular complexity index is 564. The van der Waals surface area contributed by atoms with Gasteiger partial charge in [0.2, 0.25) is 0 Å². The summed E-state index contributed by atoms with van der Waals surface area (Å²) in [5, 5.41) is 9.34. The van der Waals surface area contributed by atoms with E-state index in [2.05, 4.69) is 4.98 Å². The molecule has 0 saturated carbocycles. The second-order valence-corrected chi connectivity index (χ2v) is 4.53. The van der Waals surface area contributed by atoms with Crippen molar-refractivity contribution in [2.45, 2.75) is 26.9 Å². The predicted molar refractivity (Wildman–Crippen MR) is 78.6 cm³/mol. The summed E-state index contributed by atoms with van der Waals surface area (Å²) in [4.78, 5) is 6.35. The summed E-state index contributed by atoms with van der Waals surface area (Å²) in [5.41, 5.74) is 2.18. The first-order valence-corrected chi connectivity index (χ1v) is 6.82. The van der Waals surface area contributed by atoms with E-state index in [0.717, 1.165) is 17.7 Å². The van der Waals surface area contributed by atoms with Crippen LogP contribution in [0.2, 0.25) is 0 Å². The zero-order chi connectivity index (χ0) is 14.5. The first-order chi connectivity index (χ1) is 9.69. The fourth-order valence-electron chi connectivity index (χ4n) is 2.17. The molecule has 0 radical (unpaired) electrons. The predicted octanol–water partition coefficient (Wildman–Crippen LogP) is 3.43. The van der Waals surface area contributed by atoms with Crippen molar-refractivity contribution in [1.82, 2.24) is 4.98 Å². The molecule has 1 heterocycles. The number of aryl methyl sites for hydroxylation is 1. The van der Waals surface area contributed by atoms with Gasteiger partial charge in [0.05, 0.1) is 12.3 Å². The Morgan fingerprint density at radius 1 is 1.20 bits per heavy atom. The van der Waals surface area contributed by atoms with Crippen LogP contribution >= 0.6 is 0 Å². The van der Waals surface area contributed by atoms with Gasteiger partial charge in [-0.3, -0.25) is 0 Å². The Morgan fingerprint density at radius 3 is 2.55 bits per heavy atom. The molecule has 1 aromatic carbocycles. The number of hydrogen-bond donors (Lipinski definition) is 1. The van der Waals surface area contributed by atoms with Crippen molar-refractivity contribution in [2.24, 2.45) is 0 Å². The van der Waals surface area contributed by atoms with Crippen molar-refractivity contribution in [3.63, 3.8) is 0 Å². The molecule has 0 amide bonds. The van der Waals surface area contributed by atoms with E-state index < -0.39 is 0 Å². The number of benzene rings is 1. The molecule has 0 aliphatic heterocycles. The van der Waals surface area contributed by atoms with Crippen LogP contribution in [0.4, 0.5) is 15.9 Å². The van der Waals surface area contributed by atoms with Gasteiger partial charge in [0.15, 0.2) is 0 Å². The van der Waals surface area contributed by atoms with Crippen molar-refractivity contribution in [3.05, 3.63) is 53.5 Å². The number of aliphatic hydroxyl groups excluding tert-OH is 1. The Balaban J connectivity index is 2.49. The number of pyridine rings is 1. The van der Waals surface area contributed by atoms with Crippen molar-refractivity contribution in [1.29, 1.82) is 0 Å². The SMILES string of the molecule is CCc1cc(CO)cc(N(CC)c2ccccc2F)n1. The van der Waals surface area contributed by atoms with Gasteiger partial charge in [-0.1, -0.05) is 19.1 Å². The molecule has 0 saturated heterocycles. The summed E-state index contributed by atoms with van der Waals surface area (Å²) >= 11 is 0. The Morgan fingerprint density at radius 2 is 1.95 bits per heavy atom. The van der Waals surface area contributed by atoms with Gasteiger partial charge in [-0.15, -0.1) is 0 Å². The van der Waals surface area contributed by atoms with Crippen LogP contribution in [0.15, 0.2) is 36.4 Å². The van der Waals surface area contributed by atoms with Crippen LogP contribution < -0.4 is 4.90 Å². The molecule has 2 rings (SSSR count). The number of anilines is 2. The molecular weight excluding hydrogens is 255 g/mol. The van der Waals surface area contributed by atoms with E-state index in [1.165, 1.54) is 6.07 Å². The van der Waals surface area contributed by atoms with Crippen LogP contribution in [0.25, 0.3) is 0 Å². The Kier molecular flexibility index (Phi) is 4.69. The lowest BCUT2D eigenvalue weighted by Gasteiger charge is -2.23. The second kappa shape index (κ2) is 6.48. The zero-order valence-corrected chi connectivity index (χ0v) is 11.8. The minimum atomic E-state index is -0.274. The standard InChI is InChI=1S/C16H19FN2O/c1-3-13-9-12(11-20)10-16(18-13)19(4-2)15-8-6-5-7-14(15)17/h5-10,20H,3-4,11H2,1-2H3. The number of hydrogen-bond acceptors (Lipinski definition) is 3.